The van der Waals surface area contributed by atoms with Gasteiger partial charge in [0.25, 0.3) is 20.2 Å². The molecule has 0 saturated heterocycles. The number of anilines is 2. The second-order valence-electron chi connectivity index (χ2n) is 9.05. The second-order valence-corrected chi connectivity index (χ2v) is 11.8. The normalized spacial score (nSPS) is 12.1. The zero-order valence-corrected chi connectivity index (χ0v) is 24.7. The second kappa shape index (κ2) is 13.9. The van der Waals surface area contributed by atoms with Crippen molar-refractivity contribution in [3.8, 4) is 0 Å². The Morgan fingerprint density at radius 1 is 0.630 bits per heavy atom. The van der Waals surface area contributed by atoms with Crippen LogP contribution in [0, 0.1) is 0 Å². The van der Waals surface area contributed by atoms with E-state index in [-0.39, 0.29) is 45.0 Å². The molecular weight excluding hydrogens is 644 g/mol. The van der Waals surface area contributed by atoms with E-state index in [2.05, 4.69) is 31.5 Å². The Balaban J connectivity index is 1.59. The van der Waals surface area contributed by atoms with Crippen LogP contribution < -0.4 is 10.9 Å². The van der Waals surface area contributed by atoms with Crippen molar-refractivity contribution in [1.82, 2.24) is 0 Å². The van der Waals surface area contributed by atoms with Gasteiger partial charge in [-0.1, -0.05) is 59.0 Å². The first-order valence-corrected chi connectivity index (χ1v) is 15.5. The maximum Gasteiger partial charge on any atom is 0.337 e. The predicted octanol–water partition coefficient (Wildman–Crippen LogP) is 5.97. The van der Waals surface area contributed by atoms with E-state index in [9.17, 15) is 45.7 Å². The van der Waals surface area contributed by atoms with E-state index in [0.717, 1.165) is 12.1 Å². The Morgan fingerprint density at radius 2 is 1.17 bits per heavy atom. The first kappa shape index (κ1) is 33.1. The van der Waals surface area contributed by atoms with Gasteiger partial charge in [0.05, 0.1) is 28.2 Å². The molecular formula is C28H22N6O10S2. The van der Waals surface area contributed by atoms with Crippen LogP contribution in [0.15, 0.2) is 115 Å². The fraction of sp³-hybridized carbons (Fsp3) is 0. The molecule has 0 heterocycles. The zero-order valence-electron chi connectivity index (χ0n) is 23.1. The summed E-state index contributed by atoms with van der Waals surface area (Å²) in [4.78, 5) is 21.5. The van der Waals surface area contributed by atoms with Gasteiger partial charge < -0.3 is 10.2 Å². The van der Waals surface area contributed by atoms with Crippen LogP contribution in [0.1, 0.15) is 31.8 Å². The average Bonchev–Trinajstić information content (AvgIpc) is 3.00. The molecule has 0 aromatic heterocycles. The lowest BCUT2D eigenvalue weighted by molar-refractivity contribution is 0.0687. The fourth-order valence-electron chi connectivity index (χ4n) is 3.87. The highest BCUT2D eigenvalue weighted by atomic mass is 32.2. The van der Waals surface area contributed by atoms with Gasteiger partial charge in [-0.25, -0.2) is 9.59 Å². The number of nitrogens with zero attached hydrogens (tertiary/aromatic N) is 4. The Hall–Kier alpha value is -5.82. The van der Waals surface area contributed by atoms with Crippen molar-refractivity contribution in [1.29, 1.82) is 0 Å². The van der Waals surface area contributed by atoms with Crippen molar-refractivity contribution < 1.29 is 45.7 Å². The Bertz CT molecular complexity index is 2130. The molecule has 0 fully saturated rings. The molecule has 0 atom stereocenters. The monoisotopic (exact) mass is 666 g/mol. The number of carboxylic acid groups (broad SMARTS) is 2. The van der Waals surface area contributed by atoms with Gasteiger partial charge in [-0.3, -0.25) is 20.0 Å². The standard InChI is InChI=1S/C28H22N6O10S2/c35-27(36)21-5-1-3-7-23(21)31-33-29-19-13-11-17(25(15-19)45(39,40)41)9-10-18-12-14-20(16-26(18)46(42,43)44)30-34-32-24-8-4-2-6-22(24)28(37)38/h1-16H,(H,29,31)(H,30,32)(H,35,36)(H,37,38)(H,39,40,41)(H,42,43,44)/b10-9+. The van der Waals surface area contributed by atoms with Crippen LogP contribution in [0.5, 0.6) is 0 Å². The molecule has 0 spiro atoms. The summed E-state index contributed by atoms with van der Waals surface area (Å²) < 4.78 is 68.2. The van der Waals surface area contributed by atoms with Crippen LogP contribution in [0.2, 0.25) is 0 Å². The molecule has 18 heteroatoms. The number of hydrogen-bond donors (Lipinski definition) is 6. The molecule has 4 aromatic rings. The van der Waals surface area contributed by atoms with Gasteiger partial charge in [-0.05, 0) is 59.7 Å². The first-order valence-electron chi connectivity index (χ1n) is 12.6. The highest BCUT2D eigenvalue weighted by Crippen LogP contribution is 2.28. The number of rotatable bonds is 12. The minimum atomic E-state index is -4.83. The van der Waals surface area contributed by atoms with Crippen LogP contribution in [-0.2, 0) is 20.2 Å². The van der Waals surface area contributed by atoms with Crippen molar-refractivity contribution in [2.24, 2.45) is 20.7 Å². The third-order valence-electron chi connectivity index (χ3n) is 5.97. The molecule has 0 radical (unpaired) electrons. The van der Waals surface area contributed by atoms with Crippen LogP contribution >= 0.6 is 0 Å². The summed E-state index contributed by atoms with van der Waals surface area (Å²) >= 11 is 0. The minimum absolute atomic E-state index is 0.0268. The maximum absolute atomic E-state index is 12.1. The lowest BCUT2D eigenvalue weighted by Gasteiger charge is -2.08. The third-order valence-corrected chi connectivity index (χ3v) is 7.79. The van der Waals surface area contributed by atoms with Gasteiger partial charge in [0.15, 0.2) is 0 Å². The Labute approximate surface area is 260 Å². The van der Waals surface area contributed by atoms with Crippen molar-refractivity contribution in [2.45, 2.75) is 9.79 Å². The number of para-hydroxylation sites is 1. The van der Waals surface area contributed by atoms with Crippen LogP contribution in [0.4, 0.5) is 22.7 Å². The SMILES string of the molecule is O=C(O)c1ccccc1N=NNc1ccc(/C=C/c2ccc(N=NNc3ccccc3C(=O)O)cc2S(=O)(=O)O)c(S(=O)(=O)O)c1. The molecule has 4 rings (SSSR count). The quantitative estimate of drug-likeness (QED) is 0.0442. The van der Waals surface area contributed by atoms with Gasteiger partial charge in [0.1, 0.15) is 15.5 Å². The number of hydrogen-bond acceptors (Lipinski definition) is 10. The van der Waals surface area contributed by atoms with Gasteiger partial charge in [0, 0.05) is 0 Å². The summed E-state index contributed by atoms with van der Waals surface area (Å²) in [6.45, 7) is 0. The average molecular weight is 667 g/mol. The lowest BCUT2D eigenvalue weighted by Crippen LogP contribution is -2.03. The van der Waals surface area contributed by atoms with Crippen LogP contribution in [0.25, 0.3) is 12.2 Å². The van der Waals surface area contributed by atoms with Crippen LogP contribution in [-0.4, -0.2) is 48.1 Å². The van der Waals surface area contributed by atoms with Gasteiger partial charge >= 0.3 is 11.9 Å². The molecule has 4 aromatic carbocycles. The van der Waals surface area contributed by atoms with Gasteiger partial charge in [0.2, 0.25) is 0 Å². The largest absolute Gasteiger partial charge is 0.478 e. The zero-order chi connectivity index (χ0) is 33.5. The molecule has 0 aliphatic rings. The summed E-state index contributed by atoms with van der Waals surface area (Å²) in [6, 6.07) is 18.8. The van der Waals surface area contributed by atoms with Crippen molar-refractivity contribution in [3.05, 3.63) is 107 Å². The van der Waals surface area contributed by atoms with Gasteiger partial charge in [-0.15, -0.1) is 10.2 Å². The number of carboxylic acids is 2. The summed E-state index contributed by atoms with van der Waals surface area (Å²) in [5.41, 5.74) is 4.68. The molecule has 0 bridgehead atoms. The molecule has 0 aliphatic heterocycles. The van der Waals surface area contributed by atoms with E-state index in [1.165, 1.54) is 72.8 Å². The lowest BCUT2D eigenvalue weighted by atomic mass is 10.1. The van der Waals surface area contributed by atoms with Gasteiger partial charge in [-0.2, -0.15) is 16.8 Å². The molecule has 0 unspecified atom stereocenters. The highest BCUT2D eigenvalue weighted by Gasteiger charge is 2.18. The van der Waals surface area contributed by atoms with E-state index in [1.807, 2.05) is 0 Å². The highest BCUT2D eigenvalue weighted by molar-refractivity contribution is 7.86. The van der Waals surface area contributed by atoms with Crippen molar-refractivity contribution >= 4 is 67.1 Å². The molecule has 0 aliphatic carbocycles. The molecule has 0 amide bonds. The number of nitrogens with one attached hydrogen (secondary N) is 2. The number of aromatic carboxylic acids is 2. The van der Waals surface area contributed by atoms with Crippen molar-refractivity contribution in [3.63, 3.8) is 0 Å². The number of benzene rings is 4. The topological polar surface area (TPSA) is 257 Å². The fourth-order valence-corrected chi connectivity index (χ4v) is 5.29. The van der Waals surface area contributed by atoms with E-state index >= 15 is 0 Å². The maximum atomic E-state index is 12.1. The molecule has 236 valence electrons. The molecule has 46 heavy (non-hydrogen) atoms. The summed E-state index contributed by atoms with van der Waals surface area (Å²) in [5.74, 6) is -2.44. The van der Waals surface area contributed by atoms with E-state index < -0.39 is 42.0 Å². The Kier molecular flexibility index (Phi) is 9.97. The molecule has 6 N–H and O–H groups in total. The summed E-state index contributed by atoms with van der Waals surface area (Å²) in [7, 11) is -9.65. The molecule has 0 saturated carbocycles. The summed E-state index contributed by atoms with van der Waals surface area (Å²) in [5, 5.41) is 33.4. The molecule has 16 nitrogen and oxygen atoms in total. The van der Waals surface area contributed by atoms with E-state index in [1.54, 1.807) is 12.1 Å². The van der Waals surface area contributed by atoms with Crippen molar-refractivity contribution in [2.75, 3.05) is 10.9 Å². The predicted molar refractivity (Wildman–Crippen MR) is 165 cm³/mol. The van der Waals surface area contributed by atoms with E-state index in [4.69, 9.17) is 0 Å². The number of carbonyl (C=O) groups is 2. The smallest absolute Gasteiger partial charge is 0.337 e. The van der Waals surface area contributed by atoms with E-state index in [0.29, 0.717) is 0 Å². The summed E-state index contributed by atoms with van der Waals surface area (Å²) in [6.07, 6.45) is 2.35. The van der Waals surface area contributed by atoms with Crippen LogP contribution in [0.3, 0.4) is 0 Å². The Morgan fingerprint density at radius 3 is 1.80 bits per heavy atom. The third kappa shape index (κ3) is 8.42. The first-order chi connectivity index (χ1) is 21.7. The minimum Gasteiger partial charge on any atom is -0.478 e.